The zero-order valence-electron chi connectivity index (χ0n) is 27.1. The van der Waals surface area contributed by atoms with E-state index in [1.54, 1.807) is 0 Å². The van der Waals surface area contributed by atoms with Crippen molar-refractivity contribution in [3.05, 3.63) is 59.2 Å². The maximum Gasteiger partial charge on any atom is 0.189 e. The van der Waals surface area contributed by atoms with E-state index in [2.05, 4.69) is 32.1 Å². The summed E-state index contributed by atoms with van der Waals surface area (Å²) in [5.74, 6) is -2.41. The highest BCUT2D eigenvalue weighted by molar-refractivity contribution is 6.10. The van der Waals surface area contributed by atoms with Crippen LogP contribution in [0.25, 0.3) is 0 Å². The monoisotopic (exact) mass is 641 g/mol. The van der Waals surface area contributed by atoms with E-state index in [4.69, 9.17) is 4.74 Å². The highest BCUT2D eigenvalue weighted by atomic mass is 19.2. The van der Waals surface area contributed by atoms with E-state index in [1.165, 1.54) is 6.07 Å². The maximum atomic E-state index is 14.5. The second-order valence-electron chi connectivity index (χ2n) is 15.9. The quantitative estimate of drug-likeness (QED) is 0.231. The number of ketones is 1. The number of fused-ring (bicyclic) bond motifs is 1. The van der Waals surface area contributed by atoms with Crippen LogP contribution in [0.4, 0.5) is 8.78 Å². The van der Waals surface area contributed by atoms with Crippen molar-refractivity contribution in [2.45, 2.75) is 95.5 Å². The van der Waals surface area contributed by atoms with Crippen molar-refractivity contribution in [3.63, 3.8) is 0 Å². The van der Waals surface area contributed by atoms with Crippen LogP contribution in [-0.2, 0) is 4.74 Å². The Kier molecular flexibility index (Phi) is 7.97. The first kappa shape index (κ1) is 32.5. The van der Waals surface area contributed by atoms with Gasteiger partial charge < -0.3 is 25.2 Å². The molecule has 3 saturated carbocycles. The average molecular weight is 642 g/mol. The van der Waals surface area contributed by atoms with Gasteiger partial charge in [-0.1, -0.05) is 32.1 Å². The summed E-state index contributed by atoms with van der Waals surface area (Å²) >= 11 is 0. The van der Waals surface area contributed by atoms with Crippen LogP contribution in [0.1, 0.15) is 82.0 Å². The van der Waals surface area contributed by atoms with Crippen LogP contribution in [0.2, 0.25) is 0 Å². The normalized spacial score (nSPS) is 43.3. The Balaban J connectivity index is 1.30. The highest BCUT2D eigenvalue weighted by Crippen LogP contribution is 2.78. The molecule has 7 nitrogen and oxygen atoms in total. The molecule has 1 saturated heterocycles. The number of Topliss-reactive ketones (excluding diaryl/α,β-unsaturated/α-hetero) is 1. The van der Waals surface area contributed by atoms with Gasteiger partial charge in [0.05, 0.1) is 30.5 Å². The van der Waals surface area contributed by atoms with Crippen molar-refractivity contribution in [3.8, 4) is 0 Å². The molecule has 1 aliphatic heterocycles. The molecule has 0 aromatic heterocycles. The van der Waals surface area contributed by atoms with Crippen molar-refractivity contribution in [1.82, 2.24) is 4.90 Å². The van der Waals surface area contributed by atoms with Gasteiger partial charge in [0.25, 0.3) is 0 Å². The predicted octanol–water partition coefficient (Wildman–Crippen LogP) is 4.57. The molecular formula is C37H49F2NO6. The molecule has 4 N–H and O–H groups in total. The lowest BCUT2D eigenvalue weighted by molar-refractivity contribution is -0.177. The van der Waals surface area contributed by atoms with Crippen LogP contribution in [-0.4, -0.2) is 87.9 Å². The first-order chi connectivity index (χ1) is 21.8. The molecular weight excluding hydrogens is 592 g/mol. The lowest BCUT2D eigenvalue weighted by Gasteiger charge is -2.71. The zero-order valence-corrected chi connectivity index (χ0v) is 27.1. The molecule has 2 bridgehead atoms. The molecule has 1 aromatic carbocycles. The van der Waals surface area contributed by atoms with Gasteiger partial charge in [-0.15, -0.1) is 0 Å². The summed E-state index contributed by atoms with van der Waals surface area (Å²) in [4.78, 5) is 16.6. The van der Waals surface area contributed by atoms with E-state index in [-0.39, 0.29) is 47.9 Å². The Morgan fingerprint density at radius 2 is 1.78 bits per heavy atom. The van der Waals surface area contributed by atoms with E-state index in [1.807, 2.05) is 4.90 Å². The van der Waals surface area contributed by atoms with Gasteiger partial charge in [0.2, 0.25) is 0 Å². The Morgan fingerprint density at radius 3 is 2.50 bits per heavy atom. The fraction of sp³-hybridized carbons (Fsp3) is 0.703. The molecule has 8 rings (SSSR count). The van der Waals surface area contributed by atoms with Crippen LogP contribution in [0.5, 0.6) is 0 Å². The Labute approximate surface area is 270 Å². The maximum absolute atomic E-state index is 14.5. The van der Waals surface area contributed by atoms with Gasteiger partial charge in [0.15, 0.2) is 17.4 Å². The Bertz CT molecular complexity index is 1440. The zero-order chi connectivity index (χ0) is 32.7. The fourth-order valence-electron chi connectivity index (χ4n) is 11.4. The molecule has 1 unspecified atom stereocenters. The number of halogens is 2. The van der Waals surface area contributed by atoms with Crippen molar-refractivity contribution < 1.29 is 38.7 Å². The predicted molar refractivity (Wildman–Crippen MR) is 168 cm³/mol. The van der Waals surface area contributed by atoms with Gasteiger partial charge in [-0.2, -0.15) is 0 Å². The second kappa shape index (κ2) is 11.3. The number of carbonyl (C=O) groups is 1. The molecule has 1 aromatic rings. The van der Waals surface area contributed by atoms with Gasteiger partial charge in [0, 0.05) is 53.6 Å². The summed E-state index contributed by atoms with van der Waals surface area (Å²) in [6.07, 6.45) is 11.7. The van der Waals surface area contributed by atoms with Crippen molar-refractivity contribution in [2.24, 2.45) is 33.5 Å². The molecule has 1 heterocycles. The molecule has 4 fully saturated rings. The molecule has 9 heteroatoms. The number of aliphatic hydroxyl groups excluding tert-OH is 3. The lowest BCUT2D eigenvalue weighted by atomic mass is 9.32. The van der Waals surface area contributed by atoms with Crippen molar-refractivity contribution in [2.75, 3.05) is 32.8 Å². The van der Waals surface area contributed by atoms with Crippen LogP contribution >= 0.6 is 0 Å². The summed E-state index contributed by atoms with van der Waals surface area (Å²) in [7, 11) is 0. The van der Waals surface area contributed by atoms with Crippen LogP contribution in [0.3, 0.4) is 0 Å². The van der Waals surface area contributed by atoms with Crippen molar-refractivity contribution in [1.29, 1.82) is 0 Å². The van der Waals surface area contributed by atoms with Crippen LogP contribution < -0.4 is 0 Å². The fourth-order valence-corrected chi connectivity index (χ4v) is 11.4. The molecule has 46 heavy (non-hydrogen) atoms. The van der Waals surface area contributed by atoms with E-state index in [0.717, 1.165) is 44.2 Å². The van der Waals surface area contributed by atoms with E-state index >= 15 is 0 Å². The summed E-state index contributed by atoms with van der Waals surface area (Å²) < 4.78 is 34.4. The number of rotatable bonds is 9. The third-order valence-corrected chi connectivity index (χ3v) is 13.8. The average Bonchev–Trinajstić information content (AvgIpc) is 3.63. The largest absolute Gasteiger partial charge is 0.394 e. The lowest BCUT2D eigenvalue weighted by Crippen LogP contribution is -2.67. The number of aliphatic hydroxyl groups is 4. The molecule has 6 aliphatic carbocycles. The molecule has 7 aliphatic rings. The van der Waals surface area contributed by atoms with Gasteiger partial charge in [-0.3, -0.25) is 9.69 Å². The summed E-state index contributed by atoms with van der Waals surface area (Å²) in [5, 5.41) is 43.8. The number of benzene rings is 1. The number of allylic oxidation sites excluding steroid dienone is 4. The van der Waals surface area contributed by atoms with Gasteiger partial charge in [-0.05, 0) is 93.2 Å². The highest BCUT2D eigenvalue weighted by Gasteiger charge is 2.74. The minimum Gasteiger partial charge on any atom is -0.394 e. The number of carbonyl (C=O) groups excluding carboxylic acids is 1. The first-order valence-corrected chi connectivity index (χ1v) is 17.3. The third-order valence-electron chi connectivity index (χ3n) is 13.8. The van der Waals surface area contributed by atoms with Crippen LogP contribution in [0, 0.1) is 45.1 Å². The molecule has 0 amide bonds. The SMILES string of the molecule is C[C@]12CC[C@H]3[C@]4(C=C[C@@]5(C=C4C(=O)c4ccc(F)c(F)c4)CC(O)CC[C@]35C)[C@@H]1CC[C@@]2(O)CN(C[C@H](O)CO)C[C@H]1CCCO1. The van der Waals surface area contributed by atoms with E-state index < -0.39 is 45.7 Å². The number of nitrogens with zero attached hydrogens (tertiary/aromatic N) is 1. The third kappa shape index (κ3) is 4.59. The Morgan fingerprint density at radius 1 is 1.04 bits per heavy atom. The standard InChI is InChI=1S/C37H49F2NO6/c1-33-10-7-24(42)17-35(33)13-14-37(27(18-35)32(44)23-5-6-28(38)29(39)16-23)30(33)8-11-34(2)31(37)9-12-36(34,45)22-40(19-25(43)21-41)20-26-4-3-15-46-26/h5-6,13-14,16,18,24-26,30-31,41-43,45H,3-4,7-12,15,17,19-22H2,1-2H3/t24?,25-,26+,30+,31+,33+,34-,35-,36+,37+/m0/s1. The van der Waals surface area contributed by atoms with Gasteiger partial charge >= 0.3 is 0 Å². The Hall–Kier alpha value is -2.01. The summed E-state index contributed by atoms with van der Waals surface area (Å²) in [5.41, 5.74) is -2.49. The van der Waals surface area contributed by atoms with E-state index in [0.29, 0.717) is 51.0 Å². The van der Waals surface area contributed by atoms with Crippen molar-refractivity contribution >= 4 is 5.78 Å². The second-order valence-corrected chi connectivity index (χ2v) is 15.9. The molecule has 2 spiro atoms. The van der Waals surface area contributed by atoms with Gasteiger partial charge in [0.1, 0.15) is 0 Å². The minimum atomic E-state index is -1.13. The molecule has 0 radical (unpaired) electrons. The topological polar surface area (TPSA) is 110 Å². The molecule has 252 valence electrons. The van der Waals surface area contributed by atoms with Crippen LogP contribution in [0.15, 0.2) is 42.0 Å². The number of hydrogen-bond acceptors (Lipinski definition) is 7. The molecule has 10 atom stereocenters. The summed E-state index contributed by atoms with van der Waals surface area (Å²) in [6.45, 7) is 5.86. The first-order valence-electron chi connectivity index (χ1n) is 17.3. The number of ether oxygens (including phenoxy) is 1. The number of hydrogen-bond donors (Lipinski definition) is 4. The summed E-state index contributed by atoms with van der Waals surface area (Å²) in [6, 6.07) is 3.35. The minimum absolute atomic E-state index is 0.00596. The smallest absolute Gasteiger partial charge is 0.189 e. The van der Waals surface area contributed by atoms with E-state index in [9.17, 15) is 34.0 Å². The van der Waals surface area contributed by atoms with Gasteiger partial charge in [-0.25, -0.2) is 8.78 Å².